The van der Waals surface area contributed by atoms with Gasteiger partial charge in [0.2, 0.25) is 0 Å². The predicted octanol–water partition coefficient (Wildman–Crippen LogP) is 1.11. The molecule has 0 amide bonds. The minimum Gasteiger partial charge on any atom is -0.481 e. The molecule has 0 bridgehead atoms. The molecule has 0 aliphatic carbocycles. The molecule has 0 unspecified atom stereocenters. The molecule has 2 aromatic rings. The van der Waals surface area contributed by atoms with E-state index < -0.39 is 5.97 Å². The largest absolute Gasteiger partial charge is 0.481 e. The number of hydrogen-bond donors (Lipinski definition) is 1. The summed E-state index contributed by atoms with van der Waals surface area (Å²) in [5.74, 6) is -0.0769. The van der Waals surface area contributed by atoms with Crippen LogP contribution >= 0.6 is 11.8 Å². The van der Waals surface area contributed by atoms with E-state index in [2.05, 4.69) is 22.2 Å². The molecule has 0 fully saturated rings. The summed E-state index contributed by atoms with van der Waals surface area (Å²) in [6, 6.07) is 1.85. The van der Waals surface area contributed by atoms with Gasteiger partial charge in [-0.25, -0.2) is 0 Å². The number of aliphatic carboxylic acids is 1. The van der Waals surface area contributed by atoms with Crippen molar-refractivity contribution in [2.75, 3.05) is 5.75 Å². The maximum atomic E-state index is 10.6. The summed E-state index contributed by atoms with van der Waals surface area (Å²) in [5, 5.41) is 21.7. The van der Waals surface area contributed by atoms with Crippen molar-refractivity contribution in [3.05, 3.63) is 24.3 Å². The zero-order valence-electron chi connectivity index (χ0n) is 10.6. The van der Waals surface area contributed by atoms with Crippen LogP contribution in [0.5, 0.6) is 0 Å². The monoisotopic (exact) mass is 281 g/mol. The second-order valence-corrected chi connectivity index (χ2v) is 4.88. The number of aromatic nitrogens is 5. The lowest BCUT2D eigenvalue weighted by atomic mass is 10.4. The average molecular weight is 281 g/mol. The van der Waals surface area contributed by atoms with Gasteiger partial charge in [0.25, 0.3) is 0 Å². The van der Waals surface area contributed by atoms with Crippen LogP contribution in [0.2, 0.25) is 0 Å². The van der Waals surface area contributed by atoms with Crippen LogP contribution in [-0.4, -0.2) is 41.4 Å². The second kappa shape index (κ2) is 6.37. The summed E-state index contributed by atoms with van der Waals surface area (Å²) in [4.78, 5) is 10.6. The standard InChI is InChI=1S/C11H15N5O2S/c1-2-5-16-9(7-15-6-3-4-12-15)13-14-11(16)19-8-10(17)18/h3-4,6H,2,5,7-8H2,1H3,(H,17,18). The van der Waals surface area contributed by atoms with E-state index in [0.717, 1.165) is 18.8 Å². The molecule has 1 N–H and O–H groups in total. The van der Waals surface area contributed by atoms with Gasteiger partial charge in [0.1, 0.15) is 6.54 Å². The first-order valence-corrected chi connectivity index (χ1v) is 6.93. The Labute approximate surface area is 114 Å². The van der Waals surface area contributed by atoms with E-state index in [-0.39, 0.29) is 5.75 Å². The zero-order valence-corrected chi connectivity index (χ0v) is 11.4. The van der Waals surface area contributed by atoms with Crippen LogP contribution in [0, 0.1) is 0 Å². The molecule has 0 saturated heterocycles. The molecule has 0 aromatic carbocycles. The lowest BCUT2D eigenvalue weighted by Crippen LogP contribution is -2.10. The van der Waals surface area contributed by atoms with Gasteiger partial charge in [0.15, 0.2) is 11.0 Å². The van der Waals surface area contributed by atoms with Crippen molar-refractivity contribution in [3.63, 3.8) is 0 Å². The van der Waals surface area contributed by atoms with Gasteiger partial charge in [-0.05, 0) is 12.5 Å². The van der Waals surface area contributed by atoms with E-state index in [0.29, 0.717) is 11.7 Å². The summed E-state index contributed by atoms with van der Waals surface area (Å²) in [6.45, 7) is 3.36. The molecule has 2 heterocycles. The quantitative estimate of drug-likeness (QED) is 0.765. The molecule has 8 heteroatoms. The molecule has 102 valence electrons. The van der Waals surface area contributed by atoms with E-state index in [1.165, 1.54) is 11.8 Å². The van der Waals surface area contributed by atoms with Crippen molar-refractivity contribution in [2.45, 2.75) is 31.6 Å². The highest BCUT2D eigenvalue weighted by molar-refractivity contribution is 7.99. The summed E-state index contributed by atoms with van der Waals surface area (Å²) in [7, 11) is 0. The van der Waals surface area contributed by atoms with E-state index in [4.69, 9.17) is 5.11 Å². The van der Waals surface area contributed by atoms with Crippen molar-refractivity contribution in [1.29, 1.82) is 0 Å². The molecule has 0 spiro atoms. The SMILES string of the molecule is CCCn1c(Cn2cccn2)nnc1SCC(=O)O. The van der Waals surface area contributed by atoms with Gasteiger partial charge >= 0.3 is 5.97 Å². The highest BCUT2D eigenvalue weighted by atomic mass is 32.2. The average Bonchev–Trinajstić information content (AvgIpc) is 2.99. The van der Waals surface area contributed by atoms with Crippen molar-refractivity contribution in [2.24, 2.45) is 0 Å². The normalized spacial score (nSPS) is 10.8. The Hall–Kier alpha value is -1.83. The van der Waals surface area contributed by atoms with Gasteiger partial charge in [-0.2, -0.15) is 5.10 Å². The number of carboxylic acids is 1. The summed E-state index contributed by atoms with van der Waals surface area (Å²) in [5.41, 5.74) is 0. The van der Waals surface area contributed by atoms with Gasteiger partial charge < -0.3 is 9.67 Å². The fourth-order valence-electron chi connectivity index (χ4n) is 1.66. The number of carbonyl (C=O) groups is 1. The van der Waals surface area contributed by atoms with Crippen LogP contribution in [0.3, 0.4) is 0 Å². The highest BCUT2D eigenvalue weighted by Gasteiger charge is 2.13. The lowest BCUT2D eigenvalue weighted by Gasteiger charge is -2.08. The van der Waals surface area contributed by atoms with E-state index in [9.17, 15) is 4.79 Å². The third kappa shape index (κ3) is 3.57. The Morgan fingerprint density at radius 2 is 2.32 bits per heavy atom. The van der Waals surface area contributed by atoms with E-state index >= 15 is 0 Å². The van der Waals surface area contributed by atoms with Gasteiger partial charge in [-0.3, -0.25) is 9.48 Å². The van der Waals surface area contributed by atoms with E-state index in [1.807, 2.05) is 16.8 Å². The first-order valence-electron chi connectivity index (χ1n) is 5.94. The Bertz CT molecular complexity index is 537. The topological polar surface area (TPSA) is 85.8 Å². The third-order valence-corrected chi connectivity index (χ3v) is 3.38. The van der Waals surface area contributed by atoms with Crippen molar-refractivity contribution < 1.29 is 9.90 Å². The Morgan fingerprint density at radius 1 is 1.47 bits per heavy atom. The molecular formula is C11H15N5O2S. The number of carboxylic acid groups (broad SMARTS) is 1. The molecule has 2 aromatic heterocycles. The Morgan fingerprint density at radius 3 is 2.95 bits per heavy atom. The summed E-state index contributed by atoms with van der Waals surface area (Å²) < 4.78 is 3.72. The summed E-state index contributed by atoms with van der Waals surface area (Å²) in [6.07, 6.45) is 4.50. The molecule has 19 heavy (non-hydrogen) atoms. The first-order chi connectivity index (χ1) is 9.20. The maximum Gasteiger partial charge on any atom is 0.313 e. The molecular weight excluding hydrogens is 266 g/mol. The molecule has 0 atom stereocenters. The second-order valence-electron chi connectivity index (χ2n) is 3.94. The molecule has 0 aliphatic rings. The number of rotatable bonds is 7. The zero-order chi connectivity index (χ0) is 13.7. The van der Waals surface area contributed by atoms with Crippen LogP contribution in [-0.2, 0) is 17.9 Å². The van der Waals surface area contributed by atoms with Crippen molar-refractivity contribution >= 4 is 17.7 Å². The minimum absolute atomic E-state index is 0.0103. The van der Waals surface area contributed by atoms with Crippen molar-refractivity contribution in [3.8, 4) is 0 Å². The Kier molecular flexibility index (Phi) is 4.56. The van der Waals surface area contributed by atoms with Gasteiger partial charge in [0, 0.05) is 18.9 Å². The van der Waals surface area contributed by atoms with Gasteiger partial charge in [0.05, 0.1) is 5.75 Å². The molecule has 0 aliphatic heterocycles. The maximum absolute atomic E-state index is 10.6. The van der Waals surface area contributed by atoms with Crippen LogP contribution < -0.4 is 0 Å². The Balaban J connectivity index is 2.16. The first kappa shape index (κ1) is 13.6. The summed E-state index contributed by atoms with van der Waals surface area (Å²) >= 11 is 1.19. The van der Waals surface area contributed by atoms with Crippen LogP contribution in [0.1, 0.15) is 19.2 Å². The highest BCUT2D eigenvalue weighted by Crippen LogP contribution is 2.17. The van der Waals surface area contributed by atoms with Gasteiger partial charge in [-0.1, -0.05) is 18.7 Å². The fraction of sp³-hybridized carbons (Fsp3) is 0.455. The molecule has 0 saturated carbocycles. The smallest absolute Gasteiger partial charge is 0.313 e. The van der Waals surface area contributed by atoms with Crippen LogP contribution in [0.4, 0.5) is 0 Å². The number of hydrogen-bond acceptors (Lipinski definition) is 5. The number of nitrogens with zero attached hydrogens (tertiary/aromatic N) is 5. The molecule has 7 nitrogen and oxygen atoms in total. The van der Waals surface area contributed by atoms with E-state index in [1.54, 1.807) is 10.9 Å². The lowest BCUT2D eigenvalue weighted by molar-refractivity contribution is -0.133. The minimum atomic E-state index is -0.857. The van der Waals surface area contributed by atoms with Gasteiger partial charge in [-0.15, -0.1) is 10.2 Å². The van der Waals surface area contributed by atoms with Crippen molar-refractivity contribution in [1.82, 2.24) is 24.5 Å². The van der Waals surface area contributed by atoms with Crippen LogP contribution in [0.25, 0.3) is 0 Å². The predicted molar refractivity (Wildman–Crippen MR) is 70.0 cm³/mol. The molecule has 0 radical (unpaired) electrons. The molecule has 2 rings (SSSR count). The number of thioether (sulfide) groups is 1. The van der Waals surface area contributed by atoms with Crippen LogP contribution in [0.15, 0.2) is 23.6 Å². The third-order valence-electron chi connectivity index (χ3n) is 2.43. The fourth-order valence-corrected chi connectivity index (χ4v) is 2.36.